The molecule has 0 amide bonds. The van der Waals surface area contributed by atoms with Crippen LogP contribution in [0.2, 0.25) is 0 Å². The number of fused-ring (bicyclic) bond motifs is 1. The summed E-state index contributed by atoms with van der Waals surface area (Å²) in [7, 11) is 0. The molecule has 0 fully saturated rings. The van der Waals surface area contributed by atoms with Crippen molar-refractivity contribution in [1.29, 1.82) is 0 Å². The number of nitrogens with one attached hydrogen (secondary N) is 2. The van der Waals surface area contributed by atoms with E-state index in [1.165, 1.54) is 0 Å². The van der Waals surface area contributed by atoms with Gasteiger partial charge in [0, 0.05) is 16.7 Å². The third-order valence-electron chi connectivity index (χ3n) is 5.25. The summed E-state index contributed by atoms with van der Waals surface area (Å²) in [5.41, 5.74) is 4.66. The molecule has 8 heteroatoms. The Morgan fingerprint density at radius 3 is 2.46 bits per heavy atom. The first kappa shape index (κ1) is 18.5. The fourth-order valence-electron chi connectivity index (χ4n) is 3.46. The van der Waals surface area contributed by atoms with Crippen LogP contribution >= 0.6 is 0 Å². The highest BCUT2D eigenvalue weighted by Gasteiger charge is 2.38. The van der Waals surface area contributed by atoms with E-state index in [1.807, 2.05) is 50.1 Å². The highest BCUT2D eigenvalue weighted by molar-refractivity contribution is 5.77. The topological polar surface area (TPSA) is 73.8 Å². The minimum absolute atomic E-state index is 0.00980. The van der Waals surface area contributed by atoms with Crippen molar-refractivity contribution in [2.24, 2.45) is 0 Å². The van der Waals surface area contributed by atoms with E-state index in [1.54, 1.807) is 12.1 Å². The SMILES string of the molecule is Cc1ccc(-c2n[nH]c(C(F)(F)F)n2)cc1-c1ccc2c(c1)NC(O)C2(C)C. The molecule has 2 heterocycles. The highest BCUT2D eigenvalue weighted by Crippen LogP contribution is 2.42. The molecule has 4 rings (SSSR count). The molecule has 0 bridgehead atoms. The number of benzene rings is 2. The standard InChI is InChI=1S/C20H19F3N4O/c1-10-4-5-12(16-25-17(27-26-16)20(21,22)23)8-13(10)11-6-7-14-15(9-11)24-18(28)19(14,2)3/h4-9,18,24,28H,1-3H3,(H,25,26,27). The fourth-order valence-corrected chi connectivity index (χ4v) is 3.46. The molecule has 146 valence electrons. The lowest BCUT2D eigenvalue weighted by atomic mass is 9.84. The number of aliphatic hydroxyl groups is 1. The number of H-pyrrole nitrogens is 1. The van der Waals surface area contributed by atoms with Crippen molar-refractivity contribution in [2.45, 2.75) is 38.6 Å². The van der Waals surface area contributed by atoms with E-state index in [-0.39, 0.29) is 5.82 Å². The summed E-state index contributed by atoms with van der Waals surface area (Å²) in [6.45, 7) is 5.85. The van der Waals surface area contributed by atoms with Crippen molar-refractivity contribution in [3.63, 3.8) is 0 Å². The van der Waals surface area contributed by atoms with Gasteiger partial charge in [-0.3, -0.25) is 5.10 Å². The fraction of sp³-hybridized carbons (Fsp3) is 0.300. The monoisotopic (exact) mass is 388 g/mol. The smallest absolute Gasteiger partial charge is 0.373 e. The van der Waals surface area contributed by atoms with E-state index in [9.17, 15) is 18.3 Å². The van der Waals surface area contributed by atoms with Crippen LogP contribution in [0.3, 0.4) is 0 Å². The normalized spacial score (nSPS) is 18.0. The third-order valence-corrected chi connectivity index (χ3v) is 5.25. The van der Waals surface area contributed by atoms with Crippen LogP contribution in [0.4, 0.5) is 18.9 Å². The van der Waals surface area contributed by atoms with Crippen LogP contribution in [0.5, 0.6) is 0 Å². The minimum Gasteiger partial charge on any atom is -0.373 e. The van der Waals surface area contributed by atoms with Crippen LogP contribution in [0.15, 0.2) is 36.4 Å². The first-order chi connectivity index (χ1) is 13.1. The Labute approximate surface area is 159 Å². The number of rotatable bonds is 2. The number of halogens is 3. The van der Waals surface area contributed by atoms with Crippen LogP contribution < -0.4 is 5.32 Å². The second-order valence-corrected chi connectivity index (χ2v) is 7.56. The number of aryl methyl sites for hydroxylation is 1. The molecule has 28 heavy (non-hydrogen) atoms. The molecule has 1 aliphatic heterocycles. The number of aromatic nitrogens is 3. The summed E-state index contributed by atoms with van der Waals surface area (Å²) in [4.78, 5) is 3.57. The van der Waals surface area contributed by atoms with Gasteiger partial charge in [-0.2, -0.15) is 18.3 Å². The predicted molar refractivity (Wildman–Crippen MR) is 99.6 cm³/mol. The molecule has 0 saturated carbocycles. The lowest BCUT2D eigenvalue weighted by Gasteiger charge is -2.22. The summed E-state index contributed by atoms with van der Waals surface area (Å²) in [6.07, 6.45) is -5.25. The van der Waals surface area contributed by atoms with Gasteiger partial charge in [0.15, 0.2) is 5.82 Å². The van der Waals surface area contributed by atoms with Crippen LogP contribution in [-0.2, 0) is 11.6 Å². The van der Waals surface area contributed by atoms with Gasteiger partial charge in [-0.05, 0) is 41.3 Å². The maximum atomic E-state index is 12.8. The van der Waals surface area contributed by atoms with Gasteiger partial charge in [-0.1, -0.05) is 38.1 Å². The molecule has 1 aliphatic rings. The molecule has 0 spiro atoms. The van der Waals surface area contributed by atoms with Crippen molar-refractivity contribution >= 4 is 5.69 Å². The average Bonchev–Trinajstić information content (AvgIpc) is 3.19. The number of hydrogen-bond donors (Lipinski definition) is 3. The zero-order valence-electron chi connectivity index (χ0n) is 15.5. The van der Waals surface area contributed by atoms with Gasteiger partial charge in [-0.15, -0.1) is 0 Å². The van der Waals surface area contributed by atoms with E-state index >= 15 is 0 Å². The van der Waals surface area contributed by atoms with E-state index < -0.39 is 23.6 Å². The minimum atomic E-state index is -4.57. The van der Waals surface area contributed by atoms with Crippen molar-refractivity contribution in [2.75, 3.05) is 5.32 Å². The molecule has 1 atom stereocenters. The highest BCUT2D eigenvalue weighted by atomic mass is 19.4. The van der Waals surface area contributed by atoms with Gasteiger partial charge in [-0.25, -0.2) is 4.98 Å². The van der Waals surface area contributed by atoms with Gasteiger partial charge in [0.25, 0.3) is 0 Å². The second kappa shape index (κ2) is 6.07. The molecule has 5 nitrogen and oxygen atoms in total. The number of nitrogens with zero attached hydrogens (tertiary/aromatic N) is 2. The van der Waals surface area contributed by atoms with Crippen molar-refractivity contribution in [3.05, 3.63) is 53.3 Å². The lowest BCUT2D eigenvalue weighted by molar-refractivity contribution is -0.144. The van der Waals surface area contributed by atoms with Gasteiger partial charge in [0.05, 0.1) is 0 Å². The Hall–Kier alpha value is -2.87. The van der Waals surface area contributed by atoms with Crippen molar-refractivity contribution < 1.29 is 18.3 Å². The number of anilines is 1. The van der Waals surface area contributed by atoms with Gasteiger partial charge < -0.3 is 10.4 Å². The quantitative estimate of drug-likeness (QED) is 0.605. The van der Waals surface area contributed by atoms with Crippen LogP contribution in [0.1, 0.15) is 30.8 Å². The molecule has 3 N–H and O–H groups in total. The van der Waals surface area contributed by atoms with Crippen LogP contribution in [0, 0.1) is 6.92 Å². The maximum absolute atomic E-state index is 12.8. The van der Waals surface area contributed by atoms with Crippen molar-refractivity contribution in [1.82, 2.24) is 15.2 Å². The zero-order valence-corrected chi connectivity index (χ0v) is 15.5. The first-order valence-electron chi connectivity index (χ1n) is 8.77. The van der Waals surface area contributed by atoms with Crippen LogP contribution in [0.25, 0.3) is 22.5 Å². The largest absolute Gasteiger partial charge is 0.451 e. The molecule has 3 aromatic rings. The predicted octanol–water partition coefficient (Wildman–Crippen LogP) is 4.49. The molecular formula is C20H19F3N4O. The Balaban J connectivity index is 1.75. The number of alkyl halides is 3. The number of aromatic amines is 1. The molecular weight excluding hydrogens is 369 g/mol. The van der Waals surface area contributed by atoms with Crippen molar-refractivity contribution in [3.8, 4) is 22.5 Å². The molecule has 0 saturated heterocycles. The Morgan fingerprint density at radius 1 is 1.07 bits per heavy atom. The number of aliphatic hydroxyl groups excluding tert-OH is 1. The molecule has 1 unspecified atom stereocenters. The summed E-state index contributed by atoms with van der Waals surface area (Å²) >= 11 is 0. The molecule has 2 aromatic carbocycles. The lowest BCUT2D eigenvalue weighted by Crippen LogP contribution is -2.32. The van der Waals surface area contributed by atoms with Gasteiger partial charge in [0.1, 0.15) is 6.23 Å². The molecule has 0 aliphatic carbocycles. The maximum Gasteiger partial charge on any atom is 0.451 e. The van der Waals surface area contributed by atoms with E-state index in [4.69, 9.17) is 0 Å². The Bertz CT molecular complexity index is 1060. The molecule has 1 aromatic heterocycles. The van der Waals surface area contributed by atoms with E-state index in [2.05, 4.69) is 15.4 Å². The summed E-state index contributed by atoms with van der Waals surface area (Å²) < 4.78 is 38.4. The Kier molecular flexibility index (Phi) is 4.01. The van der Waals surface area contributed by atoms with Crippen LogP contribution in [-0.4, -0.2) is 26.5 Å². The second-order valence-electron chi connectivity index (χ2n) is 7.56. The van der Waals surface area contributed by atoms with Gasteiger partial charge in [0.2, 0.25) is 5.82 Å². The summed E-state index contributed by atoms with van der Waals surface area (Å²) in [6, 6.07) is 11.2. The average molecular weight is 388 g/mol. The Morgan fingerprint density at radius 2 is 1.79 bits per heavy atom. The summed E-state index contributed by atoms with van der Waals surface area (Å²) in [5, 5.41) is 19.0. The van der Waals surface area contributed by atoms with Gasteiger partial charge >= 0.3 is 6.18 Å². The number of hydrogen-bond acceptors (Lipinski definition) is 4. The summed E-state index contributed by atoms with van der Waals surface area (Å²) in [5.74, 6) is -1.13. The zero-order chi connectivity index (χ0) is 20.3. The third kappa shape index (κ3) is 2.93. The first-order valence-corrected chi connectivity index (χ1v) is 8.77. The molecule has 0 radical (unpaired) electrons. The van der Waals surface area contributed by atoms with E-state index in [0.29, 0.717) is 5.56 Å². The van der Waals surface area contributed by atoms with E-state index in [0.717, 1.165) is 27.9 Å².